The average Bonchev–Trinajstić information content (AvgIpc) is 2.75. The van der Waals surface area contributed by atoms with Crippen LogP contribution in [0, 0.1) is 12.8 Å². The van der Waals surface area contributed by atoms with E-state index in [9.17, 15) is 13.2 Å². The van der Waals surface area contributed by atoms with Crippen LogP contribution in [0.15, 0.2) is 41.3 Å². The maximum atomic E-state index is 12.9. The zero-order valence-electron chi connectivity index (χ0n) is 18.7. The number of amides is 1. The number of hydrogen-bond acceptors (Lipinski definition) is 6. The molecule has 0 spiro atoms. The van der Waals surface area contributed by atoms with Crippen LogP contribution in [0.1, 0.15) is 25.0 Å². The summed E-state index contributed by atoms with van der Waals surface area (Å²) in [6.45, 7) is 5.55. The van der Waals surface area contributed by atoms with Crippen molar-refractivity contribution >= 4 is 15.9 Å². The Bertz CT molecular complexity index is 1000. The summed E-state index contributed by atoms with van der Waals surface area (Å²) in [5, 5.41) is 2.78. The fourth-order valence-corrected chi connectivity index (χ4v) is 4.31. The van der Waals surface area contributed by atoms with Crippen LogP contribution in [0.3, 0.4) is 0 Å². The first kappa shape index (κ1) is 24.5. The monoisotopic (exact) mass is 450 g/mol. The molecule has 0 aliphatic rings. The van der Waals surface area contributed by atoms with Gasteiger partial charge in [0.2, 0.25) is 15.9 Å². The van der Waals surface area contributed by atoms with E-state index in [0.29, 0.717) is 22.8 Å². The minimum atomic E-state index is -3.85. The van der Waals surface area contributed by atoms with E-state index in [1.165, 1.54) is 33.5 Å². The molecule has 0 aromatic heterocycles. The second-order valence-electron chi connectivity index (χ2n) is 7.39. The number of sulfonamides is 1. The first-order valence-corrected chi connectivity index (χ1v) is 11.3. The standard InChI is InChI=1S/C22H30N2O6S/c1-14(2)21(24-31(26,27)17-9-7-15(3)8-10-17)22(25)23-13-16-11-19(29-5)20(30-6)12-18(16)28-4/h7-12,14,21,24H,13H2,1-6H3,(H,23,25)/t21-/m0/s1. The molecule has 9 heteroatoms. The molecule has 0 saturated carbocycles. The molecule has 0 fully saturated rings. The molecule has 2 N–H and O–H groups in total. The summed E-state index contributed by atoms with van der Waals surface area (Å²) in [6, 6.07) is 8.88. The number of benzene rings is 2. The molecule has 0 unspecified atom stereocenters. The zero-order chi connectivity index (χ0) is 23.2. The molecule has 0 radical (unpaired) electrons. The van der Waals surface area contributed by atoms with Crippen molar-refractivity contribution in [2.45, 2.75) is 38.3 Å². The number of carbonyl (C=O) groups is 1. The highest BCUT2D eigenvalue weighted by atomic mass is 32.2. The third-order valence-corrected chi connectivity index (χ3v) is 6.26. The average molecular weight is 451 g/mol. The van der Waals surface area contributed by atoms with Gasteiger partial charge in [-0.05, 0) is 31.0 Å². The van der Waals surface area contributed by atoms with Gasteiger partial charge in [0.05, 0.1) is 26.2 Å². The highest BCUT2D eigenvalue weighted by molar-refractivity contribution is 7.89. The first-order chi connectivity index (χ1) is 14.6. The Kier molecular flexibility index (Phi) is 8.29. The molecule has 2 aromatic rings. The first-order valence-electron chi connectivity index (χ1n) is 9.78. The molecule has 0 saturated heterocycles. The van der Waals surface area contributed by atoms with Gasteiger partial charge in [-0.25, -0.2) is 8.42 Å². The molecule has 0 aliphatic carbocycles. The molecule has 1 atom stereocenters. The van der Waals surface area contributed by atoms with Crippen LogP contribution in [-0.4, -0.2) is 41.7 Å². The summed E-state index contributed by atoms with van der Waals surface area (Å²) < 4.78 is 44.0. The highest BCUT2D eigenvalue weighted by Gasteiger charge is 2.28. The maximum absolute atomic E-state index is 12.9. The van der Waals surface area contributed by atoms with Crippen LogP contribution in [0.25, 0.3) is 0 Å². The minimum Gasteiger partial charge on any atom is -0.496 e. The van der Waals surface area contributed by atoms with Gasteiger partial charge >= 0.3 is 0 Å². The van der Waals surface area contributed by atoms with Gasteiger partial charge < -0.3 is 19.5 Å². The van der Waals surface area contributed by atoms with Crippen LogP contribution in [0.4, 0.5) is 0 Å². The lowest BCUT2D eigenvalue weighted by Gasteiger charge is -2.22. The summed E-state index contributed by atoms with van der Waals surface area (Å²) in [5.41, 5.74) is 1.61. The molecule has 0 heterocycles. The van der Waals surface area contributed by atoms with Crippen LogP contribution in [0.2, 0.25) is 0 Å². The Balaban J connectivity index is 2.19. The lowest BCUT2D eigenvalue weighted by atomic mass is 10.0. The topological polar surface area (TPSA) is 103 Å². The number of ether oxygens (including phenoxy) is 3. The molecule has 170 valence electrons. The van der Waals surface area contributed by atoms with Gasteiger partial charge in [-0.1, -0.05) is 31.5 Å². The zero-order valence-corrected chi connectivity index (χ0v) is 19.5. The largest absolute Gasteiger partial charge is 0.496 e. The van der Waals surface area contributed by atoms with E-state index in [-0.39, 0.29) is 17.4 Å². The predicted molar refractivity (Wildman–Crippen MR) is 118 cm³/mol. The molecule has 0 bridgehead atoms. The number of hydrogen-bond donors (Lipinski definition) is 2. The summed E-state index contributed by atoms with van der Waals surface area (Å²) in [5.74, 6) is 0.794. The van der Waals surface area contributed by atoms with Crippen molar-refractivity contribution in [2.24, 2.45) is 5.92 Å². The van der Waals surface area contributed by atoms with Gasteiger partial charge in [0.15, 0.2) is 11.5 Å². The van der Waals surface area contributed by atoms with Gasteiger partial charge in [-0.2, -0.15) is 4.72 Å². The van der Waals surface area contributed by atoms with E-state index in [1.54, 1.807) is 38.1 Å². The van der Waals surface area contributed by atoms with Crippen molar-refractivity contribution in [2.75, 3.05) is 21.3 Å². The van der Waals surface area contributed by atoms with Gasteiger partial charge in [-0.15, -0.1) is 0 Å². The van der Waals surface area contributed by atoms with E-state index in [2.05, 4.69) is 10.0 Å². The van der Waals surface area contributed by atoms with Gasteiger partial charge in [-0.3, -0.25) is 4.79 Å². The minimum absolute atomic E-state index is 0.109. The number of methoxy groups -OCH3 is 3. The number of rotatable bonds is 10. The van der Waals surface area contributed by atoms with Crippen LogP contribution in [0.5, 0.6) is 17.2 Å². The van der Waals surface area contributed by atoms with E-state index in [0.717, 1.165) is 5.56 Å². The summed E-state index contributed by atoms with van der Waals surface area (Å²) in [7, 11) is 0.694. The Labute approximate surface area is 184 Å². The predicted octanol–water partition coefficient (Wildman–Crippen LogP) is 2.64. The summed E-state index contributed by atoms with van der Waals surface area (Å²) >= 11 is 0. The molecule has 2 rings (SSSR count). The summed E-state index contributed by atoms with van der Waals surface area (Å²) in [4.78, 5) is 13.0. The Morgan fingerprint density at radius 1 is 0.935 bits per heavy atom. The third kappa shape index (κ3) is 6.11. The Morgan fingerprint density at radius 2 is 1.48 bits per heavy atom. The van der Waals surface area contributed by atoms with Crippen molar-refractivity contribution in [3.05, 3.63) is 47.5 Å². The van der Waals surface area contributed by atoms with Crippen LogP contribution in [-0.2, 0) is 21.4 Å². The molecule has 2 aromatic carbocycles. The molecule has 31 heavy (non-hydrogen) atoms. The second kappa shape index (κ2) is 10.5. The van der Waals surface area contributed by atoms with Crippen LogP contribution >= 0.6 is 0 Å². The molecule has 1 amide bonds. The number of nitrogens with one attached hydrogen (secondary N) is 2. The van der Waals surface area contributed by atoms with Crippen molar-refractivity contribution in [1.29, 1.82) is 0 Å². The highest BCUT2D eigenvalue weighted by Crippen LogP contribution is 2.34. The lowest BCUT2D eigenvalue weighted by Crippen LogP contribution is -2.49. The number of carbonyl (C=O) groups excluding carboxylic acids is 1. The quantitative estimate of drug-likeness (QED) is 0.577. The molecular formula is C22H30N2O6S. The van der Waals surface area contributed by atoms with Crippen molar-refractivity contribution < 1.29 is 27.4 Å². The van der Waals surface area contributed by atoms with Gasteiger partial charge in [0.25, 0.3) is 0 Å². The van der Waals surface area contributed by atoms with E-state index >= 15 is 0 Å². The molecular weight excluding hydrogens is 420 g/mol. The fourth-order valence-electron chi connectivity index (χ4n) is 2.97. The third-order valence-electron chi connectivity index (χ3n) is 4.80. The van der Waals surface area contributed by atoms with E-state index < -0.39 is 22.0 Å². The molecule has 0 aliphatic heterocycles. The SMILES string of the molecule is COc1cc(OC)c(OC)cc1CNC(=O)[C@@H](NS(=O)(=O)c1ccc(C)cc1)C(C)C. The lowest BCUT2D eigenvalue weighted by molar-refractivity contribution is -0.123. The summed E-state index contributed by atoms with van der Waals surface area (Å²) in [6.07, 6.45) is 0. The van der Waals surface area contributed by atoms with Gasteiger partial charge in [0, 0.05) is 18.2 Å². The Morgan fingerprint density at radius 3 is 2.00 bits per heavy atom. The number of aryl methyl sites for hydroxylation is 1. The smallest absolute Gasteiger partial charge is 0.241 e. The fraction of sp³-hybridized carbons (Fsp3) is 0.409. The van der Waals surface area contributed by atoms with Crippen molar-refractivity contribution in [1.82, 2.24) is 10.0 Å². The maximum Gasteiger partial charge on any atom is 0.241 e. The van der Waals surface area contributed by atoms with Crippen molar-refractivity contribution in [3.8, 4) is 17.2 Å². The molecule has 8 nitrogen and oxygen atoms in total. The van der Waals surface area contributed by atoms with E-state index in [4.69, 9.17) is 14.2 Å². The normalized spacial score (nSPS) is 12.4. The van der Waals surface area contributed by atoms with Gasteiger partial charge in [0.1, 0.15) is 11.8 Å². The van der Waals surface area contributed by atoms with Crippen LogP contribution < -0.4 is 24.2 Å². The Hall–Kier alpha value is -2.78. The second-order valence-corrected chi connectivity index (χ2v) is 9.11. The van der Waals surface area contributed by atoms with Crippen molar-refractivity contribution in [3.63, 3.8) is 0 Å². The van der Waals surface area contributed by atoms with E-state index in [1.807, 2.05) is 6.92 Å².